The Hall–Kier alpha value is -2.40. The van der Waals surface area contributed by atoms with Gasteiger partial charge in [0.2, 0.25) is 5.82 Å². The third kappa shape index (κ3) is 2.28. The molecule has 0 fully saturated rings. The third-order valence-corrected chi connectivity index (χ3v) is 2.74. The molecule has 2 heterocycles. The Bertz CT molecular complexity index is 710. The average molecular weight is 274 g/mol. The lowest BCUT2D eigenvalue weighted by Gasteiger charge is -1.96. The number of rotatable bonds is 2. The SMILES string of the molecule is Oc1ccccc1-c1nc(-c2ccc(Cl)cn2)no1. The van der Waals surface area contributed by atoms with Crippen molar-refractivity contribution in [2.24, 2.45) is 0 Å². The quantitative estimate of drug-likeness (QED) is 0.776. The number of aromatic nitrogens is 3. The smallest absolute Gasteiger partial charge is 0.262 e. The Morgan fingerprint density at radius 3 is 2.68 bits per heavy atom. The second kappa shape index (κ2) is 4.70. The van der Waals surface area contributed by atoms with Crippen LogP contribution in [0.2, 0.25) is 5.02 Å². The van der Waals surface area contributed by atoms with E-state index in [0.29, 0.717) is 22.1 Å². The average Bonchev–Trinajstić information content (AvgIpc) is 2.89. The van der Waals surface area contributed by atoms with Gasteiger partial charge in [-0.1, -0.05) is 28.9 Å². The van der Waals surface area contributed by atoms with E-state index in [0.717, 1.165) is 0 Å². The first-order valence-corrected chi connectivity index (χ1v) is 5.86. The number of phenolic OH excluding ortho intramolecular Hbond substituents is 1. The zero-order valence-corrected chi connectivity index (χ0v) is 10.4. The molecular weight excluding hydrogens is 266 g/mol. The van der Waals surface area contributed by atoms with E-state index < -0.39 is 0 Å². The fourth-order valence-electron chi connectivity index (χ4n) is 1.60. The molecule has 0 unspecified atom stereocenters. The van der Waals surface area contributed by atoms with Crippen LogP contribution >= 0.6 is 11.6 Å². The summed E-state index contributed by atoms with van der Waals surface area (Å²) in [6, 6.07) is 10.1. The van der Waals surface area contributed by atoms with Gasteiger partial charge >= 0.3 is 0 Å². The van der Waals surface area contributed by atoms with Crippen LogP contribution in [-0.4, -0.2) is 20.2 Å². The van der Waals surface area contributed by atoms with Gasteiger partial charge in [0.05, 0.1) is 10.6 Å². The van der Waals surface area contributed by atoms with Crippen molar-refractivity contribution in [2.45, 2.75) is 0 Å². The van der Waals surface area contributed by atoms with Crippen molar-refractivity contribution in [3.8, 4) is 28.7 Å². The van der Waals surface area contributed by atoms with Crippen LogP contribution in [0.4, 0.5) is 0 Å². The van der Waals surface area contributed by atoms with E-state index in [9.17, 15) is 5.11 Å². The van der Waals surface area contributed by atoms with Gasteiger partial charge in [-0.15, -0.1) is 0 Å². The van der Waals surface area contributed by atoms with Gasteiger partial charge in [0.15, 0.2) is 0 Å². The fraction of sp³-hybridized carbons (Fsp3) is 0. The van der Waals surface area contributed by atoms with Crippen LogP contribution < -0.4 is 0 Å². The number of nitrogens with zero attached hydrogens (tertiary/aromatic N) is 3. The summed E-state index contributed by atoms with van der Waals surface area (Å²) in [7, 11) is 0. The molecule has 0 amide bonds. The van der Waals surface area contributed by atoms with Crippen LogP contribution in [0, 0.1) is 0 Å². The summed E-state index contributed by atoms with van der Waals surface area (Å²) in [4.78, 5) is 8.30. The molecule has 0 saturated carbocycles. The number of halogens is 1. The predicted octanol–water partition coefficient (Wildman–Crippen LogP) is 3.16. The topological polar surface area (TPSA) is 72.0 Å². The van der Waals surface area contributed by atoms with E-state index in [1.165, 1.54) is 6.20 Å². The number of pyridine rings is 1. The number of hydrogen-bond acceptors (Lipinski definition) is 5. The highest BCUT2D eigenvalue weighted by Gasteiger charge is 2.13. The molecule has 0 radical (unpaired) electrons. The lowest BCUT2D eigenvalue weighted by molar-refractivity contribution is 0.425. The molecule has 0 spiro atoms. The minimum absolute atomic E-state index is 0.0850. The van der Waals surface area contributed by atoms with Gasteiger partial charge in [-0.25, -0.2) is 0 Å². The summed E-state index contributed by atoms with van der Waals surface area (Å²) < 4.78 is 5.12. The molecule has 5 nitrogen and oxygen atoms in total. The van der Waals surface area contributed by atoms with Crippen molar-refractivity contribution in [2.75, 3.05) is 0 Å². The number of hydrogen-bond donors (Lipinski definition) is 1. The molecule has 1 aromatic carbocycles. The highest BCUT2D eigenvalue weighted by molar-refractivity contribution is 6.30. The van der Waals surface area contributed by atoms with Crippen LogP contribution in [0.1, 0.15) is 0 Å². The third-order valence-electron chi connectivity index (χ3n) is 2.52. The molecule has 0 aliphatic carbocycles. The summed E-state index contributed by atoms with van der Waals surface area (Å²) in [5, 5.41) is 14.1. The van der Waals surface area contributed by atoms with Crippen LogP contribution in [-0.2, 0) is 0 Å². The largest absolute Gasteiger partial charge is 0.507 e. The van der Waals surface area contributed by atoms with Crippen molar-refractivity contribution < 1.29 is 9.63 Å². The molecule has 94 valence electrons. The van der Waals surface area contributed by atoms with Gasteiger partial charge in [-0.2, -0.15) is 4.98 Å². The van der Waals surface area contributed by atoms with Crippen LogP contribution in [0.5, 0.6) is 5.75 Å². The predicted molar refractivity (Wildman–Crippen MR) is 69.6 cm³/mol. The first kappa shape index (κ1) is 11.7. The lowest BCUT2D eigenvalue weighted by Crippen LogP contribution is -1.85. The van der Waals surface area contributed by atoms with Gasteiger partial charge in [0, 0.05) is 6.20 Å². The lowest BCUT2D eigenvalue weighted by atomic mass is 10.2. The first-order chi connectivity index (χ1) is 9.24. The van der Waals surface area contributed by atoms with E-state index in [2.05, 4.69) is 15.1 Å². The number of benzene rings is 1. The van der Waals surface area contributed by atoms with Gasteiger partial charge in [-0.3, -0.25) is 4.98 Å². The van der Waals surface area contributed by atoms with Crippen LogP contribution in [0.15, 0.2) is 47.1 Å². The molecule has 3 rings (SSSR count). The van der Waals surface area contributed by atoms with E-state index in [-0.39, 0.29) is 11.6 Å². The van der Waals surface area contributed by atoms with E-state index in [4.69, 9.17) is 16.1 Å². The maximum atomic E-state index is 9.72. The van der Waals surface area contributed by atoms with Gasteiger partial charge in [-0.05, 0) is 24.3 Å². The van der Waals surface area contributed by atoms with E-state index in [1.807, 2.05) is 0 Å². The fourth-order valence-corrected chi connectivity index (χ4v) is 1.71. The zero-order valence-electron chi connectivity index (χ0n) is 9.62. The summed E-state index contributed by atoms with van der Waals surface area (Å²) in [6.07, 6.45) is 1.51. The standard InChI is InChI=1S/C13H8ClN3O2/c14-8-5-6-10(15-7-8)12-16-13(19-17-12)9-3-1-2-4-11(9)18/h1-7,18H. The molecular formula is C13H8ClN3O2. The van der Waals surface area contributed by atoms with Gasteiger partial charge < -0.3 is 9.63 Å². The molecule has 3 aromatic rings. The first-order valence-electron chi connectivity index (χ1n) is 5.48. The second-order valence-electron chi connectivity index (χ2n) is 3.80. The van der Waals surface area contributed by atoms with Crippen molar-refractivity contribution in [1.82, 2.24) is 15.1 Å². The van der Waals surface area contributed by atoms with Crippen molar-refractivity contribution in [3.63, 3.8) is 0 Å². The van der Waals surface area contributed by atoms with Crippen LogP contribution in [0.25, 0.3) is 23.0 Å². The molecule has 2 aromatic heterocycles. The number of phenols is 1. The Morgan fingerprint density at radius 1 is 1.11 bits per heavy atom. The maximum absolute atomic E-state index is 9.72. The summed E-state index contributed by atoms with van der Waals surface area (Å²) in [5.41, 5.74) is 1.03. The normalized spacial score (nSPS) is 10.6. The minimum atomic E-state index is 0.0850. The molecule has 0 saturated heterocycles. The molecule has 6 heteroatoms. The van der Waals surface area contributed by atoms with E-state index in [1.54, 1.807) is 36.4 Å². The summed E-state index contributed by atoms with van der Waals surface area (Å²) in [6.45, 7) is 0. The number of aromatic hydroxyl groups is 1. The van der Waals surface area contributed by atoms with Gasteiger partial charge in [0.25, 0.3) is 5.89 Å². The van der Waals surface area contributed by atoms with E-state index >= 15 is 0 Å². The Morgan fingerprint density at radius 2 is 1.95 bits per heavy atom. The molecule has 19 heavy (non-hydrogen) atoms. The Labute approximate surface area is 113 Å². The molecule has 0 atom stereocenters. The second-order valence-corrected chi connectivity index (χ2v) is 4.24. The minimum Gasteiger partial charge on any atom is -0.507 e. The molecule has 0 aliphatic heterocycles. The van der Waals surface area contributed by atoms with Crippen molar-refractivity contribution in [3.05, 3.63) is 47.6 Å². The Kier molecular flexibility index (Phi) is 2.89. The molecule has 0 aliphatic rings. The molecule has 0 bridgehead atoms. The monoisotopic (exact) mass is 273 g/mol. The summed E-state index contributed by atoms with van der Waals surface area (Å²) >= 11 is 5.76. The highest BCUT2D eigenvalue weighted by atomic mass is 35.5. The van der Waals surface area contributed by atoms with Crippen molar-refractivity contribution >= 4 is 11.6 Å². The van der Waals surface area contributed by atoms with Gasteiger partial charge in [0.1, 0.15) is 11.4 Å². The Balaban J connectivity index is 2.00. The maximum Gasteiger partial charge on any atom is 0.262 e. The number of para-hydroxylation sites is 1. The molecule has 1 N–H and O–H groups in total. The van der Waals surface area contributed by atoms with Crippen molar-refractivity contribution in [1.29, 1.82) is 0 Å². The highest BCUT2D eigenvalue weighted by Crippen LogP contribution is 2.28. The summed E-state index contributed by atoms with van der Waals surface area (Å²) in [5.74, 6) is 0.668. The van der Waals surface area contributed by atoms with Crippen LogP contribution in [0.3, 0.4) is 0 Å². The zero-order chi connectivity index (χ0) is 13.2.